The molecule has 0 unspecified atom stereocenters. The molecule has 0 aliphatic carbocycles. The number of pyridine rings is 1. The number of aliphatic imine (C=N–C) groups is 1. The van der Waals surface area contributed by atoms with E-state index >= 15 is 0 Å². The zero-order chi connectivity index (χ0) is 10.1. The molecular formula is C13H8N2. The van der Waals surface area contributed by atoms with E-state index in [-0.39, 0.29) is 0 Å². The third-order valence-electron chi connectivity index (χ3n) is 2.41. The second-order valence-electron chi connectivity index (χ2n) is 3.34. The molecule has 0 radical (unpaired) electrons. The minimum Gasteiger partial charge on any atom is -0.254 e. The van der Waals surface area contributed by atoms with E-state index in [1.54, 1.807) is 6.20 Å². The number of fused-ring (bicyclic) bond motifs is 1. The fourth-order valence-electron chi connectivity index (χ4n) is 1.71. The molecule has 0 saturated heterocycles. The van der Waals surface area contributed by atoms with E-state index in [1.165, 1.54) is 5.39 Å². The van der Waals surface area contributed by atoms with Crippen LogP contribution in [0.3, 0.4) is 0 Å². The molecule has 2 heteroatoms. The largest absolute Gasteiger partial charge is 0.254 e. The van der Waals surface area contributed by atoms with Crippen LogP contribution in [0, 0.1) is 0 Å². The van der Waals surface area contributed by atoms with E-state index in [1.807, 2.05) is 30.5 Å². The molecule has 15 heavy (non-hydrogen) atoms. The summed E-state index contributed by atoms with van der Waals surface area (Å²) in [6.45, 7) is 0. The lowest BCUT2D eigenvalue weighted by atomic mass is 10.1. The van der Waals surface area contributed by atoms with Crippen LogP contribution in [0.1, 0.15) is 5.69 Å². The maximum atomic E-state index is 4.37. The van der Waals surface area contributed by atoms with Crippen molar-refractivity contribution >= 4 is 16.5 Å². The summed E-state index contributed by atoms with van der Waals surface area (Å²) >= 11 is 0. The lowest BCUT2D eigenvalue weighted by molar-refractivity contribution is 1.32. The number of hydrogen-bond donors (Lipinski definition) is 0. The van der Waals surface area contributed by atoms with Gasteiger partial charge in [-0.15, -0.1) is 0 Å². The maximum absolute atomic E-state index is 4.37. The normalized spacial score (nSPS) is 13.5. The van der Waals surface area contributed by atoms with Gasteiger partial charge in [-0.1, -0.05) is 30.0 Å². The van der Waals surface area contributed by atoms with Crippen LogP contribution < -0.4 is 0 Å². The summed E-state index contributed by atoms with van der Waals surface area (Å²) < 4.78 is 0. The molecule has 70 valence electrons. The molecule has 0 saturated carbocycles. The van der Waals surface area contributed by atoms with Crippen molar-refractivity contribution in [1.82, 2.24) is 4.98 Å². The van der Waals surface area contributed by atoms with Crippen LogP contribution in [0.4, 0.5) is 0 Å². The van der Waals surface area contributed by atoms with Gasteiger partial charge < -0.3 is 0 Å². The van der Waals surface area contributed by atoms with E-state index in [2.05, 4.69) is 27.8 Å². The highest BCUT2D eigenvalue weighted by atomic mass is 14.8. The molecular weight excluding hydrogens is 184 g/mol. The van der Waals surface area contributed by atoms with Crippen molar-refractivity contribution in [3.05, 3.63) is 60.2 Å². The second-order valence-corrected chi connectivity index (χ2v) is 3.34. The molecule has 3 rings (SSSR count). The molecule has 0 N–H and O–H groups in total. The molecule has 0 amide bonds. The van der Waals surface area contributed by atoms with Gasteiger partial charge in [0.1, 0.15) is 0 Å². The van der Waals surface area contributed by atoms with Gasteiger partial charge in [0.15, 0.2) is 0 Å². The van der Waals surface area contributed by atoms with Gasteiger partial charge in [0, 0.05) is 17.7 Å². The minimum atomic E-state index is 0.881. The molecule has 2 nitrogen and oxygen atoms in total. The van der Waals surface area contributed by atoms with Gasteiger partial charge in [-0.25, -0.2) is 4.99 Å². The monoisotopic (exact) mass is 192 g/mol. The van der Waals surface area contributed by atoms with Gasteiger partial charge in [-0.05, 0) is 11.5 Å². The number of aromatic nitrogens is 1. The Morgan fingerprint density at radius 2 is 2.00 bits per heavy atom. The van der Waals surface area contributed by atoms with Crippen LogP contribution in [-0.4, -0.2) is 10.7 Å². The average Bonchev–Trinajstić information content (AvgIpc) is 2.82. The average molecular weight is 192 g/mol. The Balaban J connectivity index is 2.31. The summed E-state index contributed by atoms with van der Waals surface area (Å²) in [7, 11) is 0. The van der Waals surface area contributed by atoms with Gasteiger partial charge in [0.05, 0.1) is 17.6 Å². The van der Waals surface area contributed by atoms with Crippen LogP contribution in [0.15, 0.2) is 59.5 Å². The van der Waals surface area contributed by atoms with E-state index < -0.39 is 0 Å². The fraction of sp³-hybridized carbons (Fsp3) is 0. The van der Waals surface area contributed by atoms with Crippen LogP contribution in [0.5, 0.6) is 0 Å². The van der Waals surface area contributed by atoms with Crippen molar-refractivity contribution in [1.29, 1.82) is 0 Å². The van der Waals surface area contributed by atoms with Crippen molar-refractivity contribution in [2.24, 2.45) is 4.99 Å². The number of rotatable bonds is 1. The first-order chi connectivity index (χ1) is 7.45. The van der Waals surface area contributed by atoms with E-state index in [9.17, 15) is 0 Å². The number of benzene rings is 1. The molecule has 0 bridgehead atoms. The lowest BCUT2D eigenvalue weighted by Crippen LogP contribution is -1.98. The van der Waals surface area contributed by atoms with E-state index in [4.69, 9.17) is 0 Å². The summed E-state index contributed by atoms with van der Waals surface area (Å²) in [6.07, 6.45) is 5.33. The van der Waals surface area contributed by atoms with Gasteiger partial charge in [0.2, 0.25) is 0 Å². The molecule has 1 aliphatic heterocycles. The first-order valence-corrected chi connectivity index (χ1v) is 4.78. The smallest absolute Gasteiger partial charge is 0.0977 e. The molecule has 0 spiro atoms. The molecule has 1 aromatic carbocycles. The Bertz CT molecular complexity index is 612. The van der Waals surface area contributed by atoms with Crippen molar-refractivity contribution in [2.45, 2.75) is 0 Å². The van der Waals surface area contributed by atoms with Crippen LogP contribution in [0.25, 0.3) is 10.8 Å². The van der Waals surface area contributed by atoms with E-state index in [0.29, 0.717) is 0 Å². The number of allylic oxidation sites excluding steroid dienone is 1. The zero-order valence-electron chi connectivity index (χ0n) is 8.01. The molecule has 1 aromatic heterocycles. The molecule has 2 aromatic rings. The Hall–Kier alpha value is -2.18. The zero-order valence-corrected chi connectivity index (χ0v) is 8.01. The van der Waals surface area contributed by atoms with E-state index in [0.717, 1.165) is 16.8 Å². The van der Waals surface area contributed by atoms with Gasteiger partial charge >= 0.3 is 0 Å². The van der Waals surface area contributed by atoms with Crippen LogP contribution in [0.2, 0.25) is 0 Å². The van der Waals surface area contributed by atoms with Gasteiger partial charge in [-0.2, -0.15) is 0 Å². The lowest BCUT2D eigenvalue weighted by Gasteiger charge is -2.02. The van der Waals surface area contributed by atoms with Gasteiger partial charge in [-0.3, -0.25) is 4.98 Å². The number of nitrogens with zero attached hydrogens (tertiary/aromatic N) is 2. The second kappa shape index (κ2) is 3.19. The minimum absolute atomic E-state index is 0.881. The quantitative estimate of drug-likeness (QED) is 0.638. The summed E-state index contributed by atoms with van der Waals surface area (Å²) in [5.41, 5.74) is 4.75. The van der Waals surface area contributed by atoms with Crippen LogP contribution in [-0.2, 0) is 0 Å². The first-order valence-electron chi connectivity index (χ1n) is 4.78. The topological polar surface area (TPSA) is 25.2 Å². The third kappa shape index (κ3) is 1.28. The predicted octanol–water partition coefficient (Wildman–Crippen LogP) is 2.71. The molecule has 2 heterocycles. The Labute approximate surface area is 87.3 Å². The maximum Gasteiger partial charge on any atom is 0.0977 e. The van der Waals surface area contributed by atoms with Gasteiger partial charge in [0.25, 0.3) is 0 Å². The number of hydrogen-bond acceptors (Lipinski definition) is 2. The standard InChI is InChI=1S/C13H8N2/c1-2-5-11-10(4-1)7-9-15-13(11)12-6-3-8-14-12/h1-2,4-9H. The Morgan fingerprint density at radius 3 is 2.87 bits per heavy atom. The van der Waals surface area contributed by atoms with Crippen molar-refractivity contribution < 1.29 is 0 Å². The predicted molar refractivity (Wildman–Crippen MR) is 60.9 cm³/mol. The third-order valence-corrected chi connectivity index (χ3v) is 2.41. The first kappa shape index (κ1) is 8.16. The molecule has 0 atom stereocenters. The summed E-state index contributed by atoms with van der Waals surface area (Å²) in [4.78, 5) is 8.59. The van der Waals surface area contributed by atoms with Crippen molar-refractivity contribution in [3.63, 3.8) is 0 Å². The Morgan fingerprint density at radius 1 is 1.07 bits per heavy atom. The summed E-state index contributed by atoms with van der Waals surface area (Å²) in [5, 5.41) is 2.32. The molecule has 0 fully saturated rings. The fourth-order valence-corrected chi connectivity index (χ4v) is 1.71. The SMILES string of the molecule is C1=CN=C(c2nccc3ccccc23)C=1. The highest BCUT2D eigenvalue weighted by Crippen LogP contribution is 2.18. The Kier molecular flexibility index (Phi) is 1.74. The van der Waals surface area contributed by atoms with Crippen LogP contribution >= 0.6 is 0 Å². The van der Waals surface area contributed by atoms with Crippen molar-refractivity contribution in [2.75, 3.05) is 0 Å². The molecule has 1 aliphatic rings. The van der Waals surface area contributed by atoms with Crippen molar-refractivity contribution in [3.8, 4) is 0 Å². The summed E-state index contributed by atoms with van der Waals surface area (Å²) in [6, 6.07) is 10.2. The highest BCUT2D eigenvalue weighted by Gasteiger charge is 2.07. The highest BCUT2D eigenvalue weighted by molar-refractivity contribution is 6.15. The summed E-state index contributed by atoms with van der Waals surface area (Å²) in [5.74, 6) is 0.